The Morgan fingerprint density at radius 3 is 2.60 bits per heavy atom. The van der Waals surface area contributed by atoms with Crippen molar-refractivity contribution in [2.24, 2.45) is 5.41 Å². The highest BCUT2D eigenvalue weighted by molar-refractivity contribution is 6.45. The molecule has 5 heterocycles. The van der Waals surface area contributed by atoms with Gasteiger partial charge >= 0.3 is 0 Å². The summed E-state index contributed by atoms with van der Waals surface area (Å²) in [6.07, 6.45) is 8.52. The second kappa shape index (κ2) is 8.83. The first-order chi connectivity index (χ1) is 19.5. The summed E-state index contributed by atoms with van der Waals surface area (Å²) >= 11 is 0. The monoisotopic (exact) mass is 538 g/mol. The average Bonchev–Trinajstić information content (AvgIpc) is 3.52. The zero-order chi connectivity index (χ0) is 27.5. The maximum absolute atomic E-state index is 13.6. The van der Waals surface area contributed by atoms with Gasteiger partial charge in [0, 0.05) is 26.2 Å². The molecule has 1 amide bonds. The largest absolute Gasteiger partial charge is 0.494 e. The fraction of sp³-hybridized carbons (Fsp3) is 0.321. The third kappa shape index (κ3) is 3.41. The molecule has 1 spiro atoms. The number of pyridine rings is 1. The van der Waals surface area contributed by atoms with E-state index in [1.165, 1.54) is 30.4 Å². The van der Waals surface area contributed by atoms with Crippen molar-refractivity contribution >= 4 is 22.6 Å². The Bertz CT molecular complexity index is 1730. The number of hydrogen-bond donors (Lipinski definition) is 1. The molecule has 4 aromatic heterocycles. The van der Waals surface area contributed by atoms with Crippen molar-refractivity contribution in [3.05, 3.63) is 78.0 Å². The molecule has 5 aromatic rings. The van der Waals surface area contributed by atoms with Crippen molar-refractivity contribution in [3.63, 3.8) is 0 Å². The minimum Gasteiger partial charge on any atom is -0.494 e. The van der Waals surface area contributed by atoms with Gasteiger partial charge in [-0.1, -0.05) is 35.5 Å². The highest BCUT2D eigenvalue weighted by Gasteiger charge is 2.72. The van der Waals surface area contributed by atoms with Crippen molar-refractivity contribution in [2.75, 3.05) is 20.2 Å². The van der Waals surface area contributed by atoms with E-state index in [0.717, 1.165) is 24.8 Å². The zero-order valence-corrected chi connectivity index (χ0v) is 22.0. The number of ether oxygens (including phenoxy) is 1. The van der Waals surface area contributed by atoms with Gasteiger partial charge in [-0.2, -0.15) is 0 Å². The van der Waals surface area contributed by atoms with Gasteiger partial charge in [0.25, 0.3) is 11.7 Å². The van der Waals surface area contributed by atoms with Crippen LogP contribution in [0.15, 0.2) is 59.5 Å². The molecular weight excluding hydrogens is 512 g/mol. The average molecular weight is 539 g/mol. The van der Waals surface area contributed by atoms with Crippen LogP contribution in [0, 0.1) is 12.3 Å². The van der Waals surface area contributed by atoms with Gasteiger partial charge in [-0.25, -0.2) is 9.67 Å². The smallest absolute Gasteiger partial charge is 0.295 e. The molecule has 202 valence electrons. The number of aromatic amines is 1. The van der Waals surface area contributed by atoms with Gasteiger partial charge in [-0.15, -0.1) is 15.3 Å². The third-order valence-corrected chi connectivity index (χ3v) is 8.50. The van der Waals surface area contributed by atoms with E-state index in [9.17, 15) is 9.59 Å². The Hall–Kier alpha value is -4.87. The van der Waals surface area contributed by atoms with E-state index in [1.54, 1.807) is 18.0 Å². The Morgan fingerprint density at radius 2 is 1.93 bits per heavy atom. The predicted octanol–water partition coefficient (Wildman–Crippen LogP) is 3.03. The molecular formula is C28H26N8O4. The normalized spacial score (nSPS) is 19.7. The number of carbonyl (C=O) groups is 2. The quantitative estimate of drug-likeness (QED) is 0.255. The van der Waals surface area contributed by atoms with Crippen molar-refractivity contribution < 1.29 is 18.7 Å². The van der Waals surface area contributed by atoms with Gasteiger partial charge in [0.05, 0.1) is 47.6 Å². The van der Waals surface area contributed by atoms with E-state index in [4.69, 9.17) is 9.15 Å². The summed E-state index contributed by atoms with van der Waals surface area (Å²) in [4.78, 5) is 36.2. The number of aromatic nitrogens is 7. The number of fused-ring (bicyclic) bond motifs is 1. The fourth-order valence-electron chi connectivity index (χ4n) is 6.42. The lowest BCUT2D eigenvalue weighted by Gasteiger charge is -2.34. The third-order valence-electron chi connectivity index (χ3n) is 8.50. The Kier molecular flexibility index (Phi) is 5.34. The number of hydrogen-bond acceptors (Lipinski definition) is 9. The Labute approximate surface area is 228 Å². The Balaban J connectivity index is 1.15. The maximum atomic E-state index is 13.6. The predicted molar refractivity (Wildman–Crippen MR) is 141 cm³/mol. The first-order valence-electron chi connectivity index (χ1n) is 13.1. The summed E-state index contributed by atoms with van der Waals surface area (Å²) < 4.78 is 12.9. The number of methoxy groups -OCH3 is 1. The molecule has 1 aliphatic carbocycles. The van der Waals surface area contributed by atoms with Crippen molar-refractivity contribution in [1.82, 2.24) is 40.1 Å². The van der Waals surface area contributed by atoms with Crippen molar-refractivity contribution in [1.29, 1.82) is 0 Å². The minimum atomic E-state index is -0.603. The van der Waals surface area contributed by atoms with E-state index in [2.05, 4.69) is 42.6 Å². The van der Waals surface area contributed by atoms with Crippen LogP contribution in [0.5, 0.6) is 5.75 Å². The minimum absolute atomic E-state index is 0.116. The van der Waals surface area contributed by atoms with E-state index in [1.807, 2.05) is 18.2 Å². The molecule has 1 unspecified atom stereocenters. The van der Waals surface area contributed by atoms with Gasteiger partial charge in [0.2, 0.25) is 11.8 Å². The second-order valence-electron chi connectivity index (χ2n) is 10.4. The number of aryl methyl sites for hydroxylation is 1. The van der Waals surface area contributed by atoms with Gasteiger partial charge in [0.15, 0.2) is 5.82 Å². The van der Waals surface area contributed by atoms with Crippen LogP contribution < -0.4 is 4.74 Å². The first kappa shape index (κ1) is 24.2. The van der Waals surface area contributed by atoms with Gasteiger partial charge in [-0.05, 0) is 30.2 Å². The number of ketones is 1. The number of nitrogens with one attached hydrogen (secondary N) is 1. The van der Waals surface area contributed by atoms with Gasteiger partial charge in [-0.3, -0.25) is 9.59 Å². The molecule has 7 rings (SSSR count). The number of amides is 1. The van der Waals surface area contributed by atoms with Gasteiger partial charge < -0.3 is 19.0 Å². The first-order valence-corrected chi connectivity index (χ1v) is 13.1. The molecule has 1 atom stereocenters. The van der Waals surface area contributed by atoms with Crippen LogP contribution in [-0.4, -0.2) is 71.9 Å². The molecule has 1 aromatic carbocycles. The molecule has 1 aliphatic heterocycles. The number of H-pyrrole nitrogens is 1. The van der Waals surface area contributed by atoms with E-state index >= 15 is 0 Å². The maximum Gasteiger partial charge on any atom is 0.295 e. The summed E-state index contributed by atoms with van der Waals surface area (Å²) in [5, 5.41) is 16.8. The van der Waals surface area contributed by atoms with Crippen LogP contribution in [0.4, 0.5) is 0 Å². The summed E-state index contributed by atoms with van der Waals surface area (Å²) in [6, 6.07) is 10.2. The lowest BCUT2D eigenvalue weighted by Crippen LogP contribution is -2.44. The van der Waals surface area contributed by atoms with Crippen LogP contribution in [0.2, 0.25) is 0 Å². The molecule has 2 fully saturated rings. The topological polar surface area (TPSA) is 145 Å². The van der Waals surface area contributed by atoms with Crippen LogP contribution >= 0.6 is 0 Å². The molecule has 12 heteroatoms. The number of likely N-dealkylation sites (tertiary alicyclic amines) is 1. The van der Waals surface area contributed by atoms with E-state index in [-0.39, 0.29) is 16.4 Å². The molecule has 2 aliphatic rings. The number of Topliss-reactive ketones (excluding diaryl/α,β-unsaturated/α-hetero) is 1. The van der Waals surface area contributed by atoms with Crippen LogP contribution in [-0.2, 0) is 10.2 Å². The molecule has 1 saturated carbocycles. The zero-order valence-electron chi connectivity index (χ0n) is 22.0. The number of piperidine rings is 1. The summed E-state index contributed by atoms with van der Waals surface area (Å²) in [5.74, 6) is 0.832. The summed E-state index contributed by atoms with van der Waals surface area (Å²) in [7, 11) is 1.50. The fourth-order valence-corrected chi connectivity index (χ4v) is 6.42. The van der Waals surface area contributed by atoms with Crippen molar-refractivity contribution in [2.45, 2.75) is 31.6 Å². The molecule has 0 bridgehead atoms. The lowest BCUT2D eigenvalue weighted by molar-refractivity contribution is -0.128. The highest BCUT2D eigenvalue weighted by Crippen LogP contribution is 2.72. The molecule has 0 radical (unpaired) electrons. The number of nitrogens with zero attached hydrogens (tertiary/aromatic N) is 7. The van der Waals surface area contributed by atoms with Crippen LogP contribution in [0.25, 0.3) is 16.7 Å². The van der Waals surface area contributed by atoms with Crippen LogP contribution in [0.3, 0.4) is 0 Å². The molecule has 12 nitrogen and oxygen atoms in total. The molecule has 1 N–H and O–H groups in total. The summed E-state index contributed by atoms with van der Waals surface area (Å²) in [5.41, 5.74) is 1.39. The highest BCUT2D eigenvalue weighted by atomic mass is 16.5. The van der Waals surface area contributed by atoms with Crippen molar-refractivity contribution in [3.8, 4) is 11.6 Å². The number of carbonyl (C=O) groups excluding carboxylic acids is 2. The lowest BCUT2D eigenvalue weighted by atomic mass is 9.80. The molecule has 40 heavy (non-hydrogen) atoms. The number of benzene rings is 1. The standard InChI is InChI=1S/C28H26N8O4/c1-17-32-33-26(40-17)28(18-6-4-3-5-7-18)16-27(28)8-11-35(12-9-27)25(38)23(37)19-14-29-22-21(19)20(39-2)15-30-24(22)36-13-10-31-34-36/h3-7,10,13-15,29H,8-9,11-12,16H2,1-2H3. The summed E-state index contributed by atoms with van der Waals surface area (Å²) in [6.45, 7) is 2.71. The molecule has 1 saturated heterocycles. The SMILES string of the molecule is COc1cnc(-n2ccnn2)c2[nH]cc(C(=O)C(=O)N3CCC4(CC3)CC4(c3ccccc3)c3nnc(C)o3)c12. The number of rotatable bonds is 6. The van der Waals surface area contributed by atoms with Crippen LogP contribution in [0.1, 0.15) is 47.0 Å². The second-order valence-corrected chi connectivity index (χ2v) is 10.4. The van der Waals surface area contributed by atoms with E-state index < -0.39 is 11.7 Å². The van der Waals surface area contributed by atoms with E-state index in [0.29, 0.717) is 47.3 Å². The van der Waals surface area contributed by atoms with Gasteiger partial charge in [0.1, 0.15) is 5.75 Å². The Morgan fingerprint density at radius 1 is 1.12 bits per heavy atom.